The maximum Gasteiger partial charge on any atom is 0.338 e. The Kier molecular flexibility index (Phi) is 7.84. The van der Waals surface area contributed by atoms with Crippen LogP contribution in [0.1, 0.15) is 24.0 Å². The third kappa shape index (κ3) is 5.84. The highest BCUT2D eigenvalue weighted by atomic mass is 16.6. The lowest BCUT2D eigenvalue weighted by Crippen LogP contribution is -2.65. The van der Waals surface area contributed by atoms with Crippen LogP contribution in [0.15, 0.2) is 53.7 Å². The Morgan fingerprint density at radius 3 is 1.74 bits per heavy atom. The van der Waals surface area contributed by atoms with Crippen LogP contribution < -0.4 is 9.47 Å². The van der Waals surface area contributed by atoms with Gasteiger partial charge in [0.1, 0.15) is 12.2 Å². The second-order valence-electron chi connectivity index (χ2n) is 8.88. The van der Waals surface area contributed by atoms with E-state index in [4.69, 9.17) is 23.7 Å². The zero-order chi connectivity index (χ0) is 28.2. The van der Waals surface area contributed by atoms with Gasteiger partial charge in [0.2, 0.25) is 5.54 Å². The van der Waals surface area contributed by atoms with Crippen LogP contribution in [0.3, 0.4) is 0 Å². The van der Waals surface area contributed by atoms with Gasteiger partial charge >= 0.3 is 17.9 Å². The van der Waals surface area contributed by atoms with Crippen molar-refractivity contribution in [2.45, 2.75) is 36.7 Å². The normalized spacial score (nSPS) is 23.8. The minimum absolute atomic E-state index is 0.119. The molecule has 2 N–H and O–H groups in total. The third-order valence-corrected chi connectivity index (χ3v) is 6.37. The van der Waals surface area contributed by atoms with Crippen molar-refractivity contribution in [2.24, 2.45) is 5.18 Å². The van der Waals surface area contributed by atoms with Gasteiger partial charge in [-0.1, -0.05) is 17.3 Å². The number of carbonyl (C=O) groups excluding carboxylic acids is 3. The fourth-order valence-corrected chi connectivity index (χ4v) is 4.43. The molecule has 0 amide bonds. The van der Waals surface area contributed by atoms with Crippen molar-refractivity contribution >= 4 is 30.1 Å². The molecule has 12 heteroatoms. The summed E-state index contributed by atoms with van der Waals surface area (Å²) in [6.07, 6.45) is 1.18. The van der Waals surface area contributed by atoms with Crippen molar-refractivity contribution in [2.75, 3.05) is 14.2 Å². The van der Waals surface area contributed by atoms with Gasteiger partial charge in [-0.15, -0.1) is 4.91 Å². The Morgan fingerprint density at radius 1 is 0.897 bits per heavy atom. The van der Waals surface area contributed by atoms with Gasteiger partial charge in [0.05, 0.1) is 14.2 Å². The van der Waals surface area contributed by atoms with Crippen LogP contribution in [0.2, 0.25) is 0 Å². The molecule has 1 aliphatic carbocycles. The van der Waals surface area contributed by atoms with Gasteiger partial charge in [-0.25, -0.2) is 14.4 Å². The Balaban J connectivity index is 1.44. The fraction of sp³-hybridized carbons (Fsp3) is 0.296. The molecule has 0 spiro atoms. The largest absolute Gasteiger partial charge is 0.504 e. The van der Waals surface area contributed by atoms with Crippen molar-refractivity contribution in [3.8, 4) is 23.0 Å². The number of hydrogen-bond donors (Lipinski definition) is 2. The summed E-state index contributed by atoms with van der Waals surface area (Å²) in [4.78, 5) is 49.1. The Morgan fingerprint density at radius 2 is 1.36 bits per heavy atom. The van der Waals surface area contributed by atoms with E-state index in [0.29, 0.717) is 11.1 Å². The lowest BCUT2D eigenvalue weighted by Gasteiger charge is -2.47. The average Bonchev–Trinajstić information content (AvgIpc) is 2.92. The number of benzene rings is 2. The predicted molar refractivity (Wildman–Crippen MR) is 135 cm³/mol. The first-order valence-corrected chi connectivity index (χ1v) is 11.7. The second kappa shape index (κ2) is 11.3. The highest BCUT2D eigenvalue weighted by Crippen LogP contribution is 2.43. The molecule has 2 aromatic rings. The van der Waals surface area contributed by atoms with Gasteiger partial charge in [-0.05, 0) is 47.5 Å². The molecule has 5 rings (SSSR count). The quantitative estimate of drug-likeness (QED) is 0.208. The highest BCUT2D eigenvalue weighted by molar-refractivity contribution is 5.89. The van der Waals surface area contributed by atoms with Crippen LogP contribution in [0.4, 0.5) is 0 Å². The average molecular weight is 539 g/mol. The smallest absolute Gasteiger partial charge is 0.338 e. The number of ether oxygens (including phenoxy) is 5. The number of phenols is 2. The fourth-order valence-electron chi connectivity index (χ4n) is 4.43. The first-order valence-electron chi connectivity index (χ1n) is 11.7. The van der Waals surface area contributed by atoms with E-state index in [2.05, 4.69) is 5.18 Å². The van der Waals surface area contributed by atoms with Crippen LogP contribution in [-0.4, -0.2) is 66.2 Å². The number of phenolic OH excluding ortho intramolecular Hbond substituents is 2. The standard InChI is InChI=1S/C27H25NO11/c1-35-19-7-3-15(11-17(19)29)5-9-23(31)37-21-13-27(28-34)14-22(25(21)39-26(27)33)38-24(32)10-6-16-4-8-20(36-2)18(30)12-16/h3-12,21-22,25,29-30H,13-14H2,1-2H3/b9-5+,10-6+. The minimum Gasteiger partial charge on any atom is -0.504 e. The summed E-state index contributed by atoms with van der Waals surface area (Å²) in [5.41, 5.74) is -0.907. The maximum atomic E-state index is 12.5. The van der Waals surface area contributed by atoms with Gasteiger partial charge in [0.15, 0.2) is 29.1 Å². The number of fused-ring (bicyclic) bond motifs is 3. The molecule has 2 atom stereocenters. The Hall–Kier alpha value is -4.87. The highest BCUT2D eigenvalue weighted by Gasteiger charge is 2.62. The van der Waals surface area contributed by atoms with E-state index in [0.717, 1.165) is 12.2 Å². The second-order valence-corrected chi connectivity index (χ2v) is 8.88. The zero-order valence-electron chi connectivity index (χ0n) is 20.9. The zero-order valence-corrected chi connectivity index (χ0v) is 20.9. The lowest BCUT2D eigenvalue weighted by molar-refractivity contribution is -0.220. The van der Waals surface area contributed by atoms with Gasteiger partial charge in [0, 0.05) is 25.0 Å². The van der Waals surface area contributed by atoms with E-state index in [-0.39, 0.29) is 35.8 Å². The molecule has 204 valence electrons. The maximum absolute atomic E-state index is 12.5. The molecule has 2 unspecified atom stereocenters. The number of methoxy groups -OCH3 is 2. The molecule has 39 heavy (non-hydrogen) atoms. The molecule has 12 nitrogen and oxygen atoms in total. The number of rotatable bonds is 9. The number of esters is 3. The molecular weight excluding hydrogens is 514 g/mol. The molecule has 2 saturated heterocycles. The number of hydrogen-bond acceptors (Lipinski definition) is 12. The van der Waals surface area contributed by atoms with Crippen molar-refractivity contribution < 1.29 is 48.3 Å². The monoisotopic (exact) mass is 539 g/mol. The van der Waals surface area contributed by atoms with Crippen LogP contribution >= 0.6 is 0 Å². The number of nitrogens with zero attached hydrogens (tertiary/aromatic N) is 1. The van der Waals surface area contributed by atoms with Gasteiger partial charge in [-0.3, -0.25) is 0 Å². The molecule has 0 radical (unpaired) electrons. The van der Waals surface area contributed by atoms with Gasteiger partial charge in [-0.2, -0.15) is 0 Å². The SMILES string of the molecule is COc1ccc(/C=C/C(=O)OC2CC3(N=O)CC(OC(=O)/C=C/c4ccc(OC)c(O)c4)C2OC3=O)cc1O. The van der Waals surface area contributed by atoms with Gasteiger partial charge in [0.25, 0.3) is 0 Å². The lowest BCUT2D eigenvalue weighted by atomic mass is 9.74. The topological polar surface area (TPSA) is 167 Å². The van der Waals surface area contributed by atoms with Crippen LogP contribution in [-0.2, 0) is 28.6 Å². The van der Waals surface area contributed by atoms with Crippen molar-refractivity contribution in [3.05, 3.63) is 64.6 Å². The summed E-state index contributed by atoms with van der Waals surface area (Å²) in [5.74, 6) is -2.22. The van der Waals surface area contributed by atoms with Crippen molar-refractivity contribution in [1.82, 2.24) is 0 Å². The Bertz CT molecular complexity index is 1260. The predicted octanol–water partition coefficient (Wildman–Crippen LogP) is 2.89. The van der Waals surface area contributed by atoms with Crippen molar-refractivity contribution in [1.29, 1.82) is 0 Å². The summed E-state index contributed by atoms with van der Waals surface area (Å²) in [6, 6.07) is 9.01. The first-order chi connectivity index (χ1) is 18.7. The van der Waals surface area contributed by atoms with E-state index in [1.807, 2.05) is 0 Å². The van der Waals surface area contributed by atoms with E-state index in [1.165, 1.54) is 50.6 Å². The van der Waals surface area contributed by atoms with E-state index >= 15 is 0 Å². The summed E-state index contributed by atoms with van der Waals surface area (Å²) in [6.45, 7) is 0. The number of nitroso groups, excluding NO2 is 1. The van der Waals surface area contributed by atoms with E-state index < -0.39 is 41.8 Å². The molecular formula is C27H25NO11. The molecule has 2 aliphatic heterocycles. The Labute approximate surface area is 222 Å². The van der Waals surface area contributed by atoms with Gasteiger partial charge < -0.3 is 33.9 Å². The third-order valence-electron chi connectivity index (χ3n) is 6.37. The van der Waals surface area contributed by atoms with Crippen LogP contribution in [0, 0.1) is 4.91 Å². The molecule has 0 aromatic heterocycles. The van der Waals surface area contributed by atoms with Crippen molar-refractivity contribution in [3.63, 3.8) is 0 Å². The molecule has 1 saturated carbocycles. The molecule has 2 bridgehead atoms. The van der Waals surface area contributed by atoms with Crippen LogP contribution in [0.5, 0.6) is 23.0 Å². The summed E-state index contributed by atoms with van der Waals surface area (Å²) in [5, 5.41) is 22.7. The molecule has 3 fully saturated rings. The van der Waals surface area contributed by atoms with E-state index in [9.17, 15) is 29.5 Å². The molecule has 2 aromatic carbocycles. The minimum atomic E-state index is -1.87. The first kappa shape index (κ1) is 27.2. The summed E-state index contributed by atoms with van der Waals surface area (Å²) < 4.78 is 26.1. The summed E-state index contributed by atoms with van der Waals surface area (Å²) >= 11 is 0. The van der Waals surface area contributed by atoms with E-state index in [1.54, 1.807) is 12.1 Å². The molecule has 2 heterocycles. The number of aromatic hydroxyl groups is 2. The summed E-state index contributed by atoms with van der Waals surface area (Å²) in [7, 11) is 2.81. The molecule has 3 aliphatic rings. The van der Waals surface area contributed by atoms with Crippen LogP contribution in [0.25, 0.3) is 12.2 Å². The number of carbonyl (C=O) groups is 3.